The zero-order valence-electron chi connectivity index (χ0n) is 11.4. The van der Waals surface area contributed by atoms with Gasteiger partial charge in [0.1, 0.15) is 0 Å². The summed E-state index contributed by atoms with van der Waals surface area (Å²) in [6.45, 7) is 15.1. The summed E-state index contributed by atoms with van der Waals surface area (Å²) in [4.78, 5) is 2.41. The molecule has 0 aliphatic heterocycles. The van der Waals surface area contributed by atoms with Crippen molar-refractivity contribution in [3.63, 3.8) is 0 Å². The summed E-state index contributed by atoms with van der Waals surface area (Å²) in [6, 6.07) is 0. The average Bonchev–Trinajstić information content (AvgIpc) is 2.29. The maximum atomic E-state index is 6.12. The van der Waals surface area contributed by atoms with Crippen molar-refractivity contribution in [2.45, 2.75) is 41.5 Å². The maximum absolute atomic E-state index is 6.12. The molecular formula is C14H24N2. The normalized spacial score (nSPS) is 10.6. The smallest absolute Gasteiger partial charge is 0.0432 e. The number of rotatable bonds is 3. The Kier molecular flexibility index (Phi) is 3.84. The van der Waals surface area contributed by atoms with Crippen molar-refractivity contribution in [1.29, 1.82) is 0 Å². The van der Waals surface area contributed by atoms with Gasteiger partial charge in [0.2, 0.25) is 0 Å². The minimum absolute atomic E-state index is 0.950. The third kappa shape index (κ3) is 1.89. The first-order valence-electron chi connectivity index (χ1n) is 6.06. The van der Waals surface area contributed by atoms with E-state index < -0.39 is 0 Å². The van der Waals surface area contributed by atoms with Crippen LogP contribution >= 0.6 is 0 Å². The quantitative estimate of drug-likeness (QED) is 0.792. The summed E-state index contributed by atoms with van der Waals surface area (Å²) < 4.78 is 0. The Hall–Kier alpha value is -1.18. The SMILES string of the molecule is CCN(CC)c1c(C)c(C)c(N)c(C)c1C. The van der Waals surface area contributed by atoms with Gasteiger partial charge in [-0.1, -0.05) is 0 Å². The molecule has 0 aliphatic rings. The summed E-state index contributed by atoms with van der Waals surface area (Å²) >= 11 is 0. The van der Waals surface area contributed by atoms with Crippen molar-refractivity contribution in [3.8, 4) is 0 Å². The minimum atomic E-state index is 0.950. The Bertz CT molecular complexity index is 361. The van der Waals surface area contributed by atoms with E-state index in [1.807, 2.05) is 0 Å². The van der Waals surface area contributed by atoms with Crippen LogP contribution in [0.5, 0.6) is 0 Å². The molecule has 90 valence electrons. The Balaban J connectivity index is 3.50. The number of benzene rings is 1. The fourth-order valence-electron chi connectivity index (χ4n) is 2.34. The van der Waals surface area contributed by atoms with Gasteiger partial charge in [0.25, 0.3) is 0 Å². The van der Waals surface area contributed by atoms with Crippen LogP contribution in [0.2, 0.25) is 0 Å². The second kappa shape index (κ2) is 4.77. The van der Waals surface area contributed by atoms with Gasteiger partial charge in [-0.25, -0.2) is 0 Å². The largest absolute Gasteiger partial charge is 0.398 e. The third-order valence-corrected chi connectivity index (χ3v) is 3.72. The monoisotopic (exact) mass is 220 g/mol. The van der Waals surface area contributed by atoms with Gasteiger partial charge in [0, 0.05) is 24.5 Å². The lowest BCUT2D eigenvalue weighted by molar-refractivity contribution is 0.854. The van der Waals surface area contributed by atoms with Gasteiger partial charge in [-0.15, -0.1) is 0 Å². The zero-order chi connectivity index (χ0) is 12.5. The summed E-state index contributed by atoms with van der Waals surface area (Å²) in [5.41, 5.74) is 13.5. The van der Waals surface area contributed by atoms with Gasteiger partial charge in [-0.05, 0) is 63.8 Å². The molecule has 0 atom stereocenters. The number of anilines is 2. The average molecular weight is 220 g/mol. The summed E-state index contributed by atoms with van der Waals surface area (Å²) in [7, 11) is 0. The van der Waals surface area contributed by atoms with Gasteiger partial charge in [-0.3, -0.25) is 0 Å². The molecule has 2 N–H and O–H groups in total. The van der Waals surface area contributed by atoms with Crippen LogP contribution in [0.1, 0.15) is 36.1 Å². The van der Waals surface area contributed by atoms with Crippen molar-refractivity contribution >= 4 is 11.4 Å². The van der Waals surface area contributed by atoms with Crippen LogP contribution in [-0.2, 0) is 0 Å². The van der Waals surface area contributed by atoms with E-state index in [0.29, 0.717) is 0 Å². The molecule has 2 heteroatoms. The standard InChI is InChI=1S/C14H24N2/c1-7-16(8-2)14-11(5)9(3)13(15)10(4)12(14)6/h7-8,15H2,1-6H3. The van der Waals surface area contributed by atoms with Crippen LogP contribution in [0.4, 0.5) is 11.4 Å². The van der Waals surface area contributed by atoms with E-state index in [4.69, 9.17) is 5.73 Å². The molecule has 0 aromatic heterocycles. The van der Waals surface area contributed by atoms with Crippen LogP contribution in [0.25, 0.3) is 0 Å². The Labute approximate surface area is 99.5 Å². The fourth-order valence-corrected chi connectivity index (χ4v) is 2.34. The molecule has 0 aliphatic carbocycles. The van der Waals surface area contributed by atoms with E-state index in [1.54, 1.807) is 0 Å². The first-order chi connectivity index (χ1) is 7.45. The number of nitrogen functional groups attached to an aromatic ring is 1. The van der Waals surface area contributed by atoms with Gasteiger partial charge >= 0.3 is 0 Å². The number of nitrogens with two attached hydrogens (primary N) is 1. The highest BCUT2D eigenvalue weighted by molar-refractivity contribution is 5.72. The number of nitrogens with zero attached hydrogens (tertiary/aromatic N) is 1. The molecule has 1 aromatic carbocycles. The second-order valence-electron chi connectivity index (χ2n) is 4.43. The molecule has 0 spiro atoms. The lowest BCUT2D eigenvalue weighted by Gasteiger charge is -2.28. The van der Waals surface area contributed by atoms with Crippen molar-refractivity contribution in [3.05, 3.63) is 22.3 Å². The van der Waals surface area contributed by atoms with E-state index >= 15 is 0 Å². The van der Waals surface area contributed by atoms with Crippen molar-refractivity contribution in [1.82, 2.24) is 0 Å². The molecule has 16 heavy (non-hydrogen) atoms. The number of hydrogen-bond donors (Lipinski definition) is 1. The van der Waals surface area contributed by atoms with Crippen molar-refractivity contribution < 1.29 is 0 Å². The zero-order valence-corrected chi connectivity index (χ0v) is 11.4. The molecular weight excluding hydrogens is 196 g/mol. The highest BCUT2D eigenvalue weighted by Gasteiger charge is 2.15. The Morgan fingerprint density at radius 2 is 1.19 bits per heavy atom. The van der Waals surface area contributed by atoms with E-state index in [9.17, 15) is 0 Å². The van der Waals surface area contributed by atoms with E-state index in [2.05, 4.69) is 46.4 Å². The molecule has 0 fully saturated rings. The maximum Gasteiger partial charge on any atom is 0.0432 e. The summed E-state index contributed by atoms with van der Waals surface area (Å²) in [6.07, 6.45) is 0. The third-order valence-electron chi connectivity index (χ3n) is 3.72. The predicted molar refractivity (Wildman–Crippen MR) is 73.4 cm³/mol. The molecule has 0 heterocycles. The molecule has 0 bridgehead atoms. The molecule has 1 rings (SSSR count). The number of hydrogen-bond acceptors (Lipinski definition) is 2. The molecule has 0 radical (unpaired) electrons. The molecule has 0 unspecified atom stereocenters. The van der Waals surface area contributed by atoms with Crippen LogP contribution in [0.15, 0.2) is 0 Å². The van der Waals surface area contributed by atoms with E-state index in [0.717, 1.165) is 18.8 Å². The van der Waals surface area contributed by atoms with Gasteiger partial charge in [-0.2, -0.15) is 0 Å². The van der Waals surface area contributed by atoms with Crippen molar-refractivity contribution in [2.75, 3.05) is 23.7 Å². The van der Waals surface area contributed by atoms with E-state index in [1.165, 1.54) is 27.9 Å². The summed E-state index contributed by atoms with van der Waals surface area (Å²) in [5, 5.41) is 0. The van der Waals surface area contributed by atoms with Gasteiger partial charge in [0.05, 0.1) is 0 Å². The molecule has 1 aromatic rings. The second-order valence-corrected chi connectivity index (χ2v) is 4.43. The Morgan fingerprint density at radius 1 is 0.812 bits per heavy atom. The highest BCUT2D eigenvalue weighted by Crippen LogP contribution is 2.34. The Morgan fingerprint density at radius 3 is 1.50 bits per heavy atom. The van der Waals surface area contributed by atoms with Crippen LogP contribution in [0.3, 0.4) is 0 Å². The van der Waals surface area contributed by atoms with Crippen LogP contribution in [0, 0.1) is 27.7 Å². The fraction of sp³-hybridized carbons (Fsp3) is 0.571. The van der Waals surface area contributed by atoms with Gasteiger partial charge in [0.15, 0.2) is 0 Å². The molecule has 0 saturated heterocycles. The lowest BCUT2D eigenvalue weighted by atomic mass is 9.95. The minimum Gasteiger partial charge on any atom is -0.398 e. The first-order valence-corrected chi connectivity index (χ1v) is 6.06. The van der Waals surface area contributed by atoms with E-state index in [-0.39, 0.29) is 0 Å². The molecule has 0 saturated carbocycles. The topological polar surface area (TPSA) is 29.3 Å². The van der Waals surface area contributed by atoms with Crippen LogP contribution in [-0.4, -0.2) is 13.1 Å². The molecule has 0 amide bonds. The highest BCUT2D eigenvalue weighted by atomic mass is 15.1. The van der Waals surface area contributed by atoms with Crippen molar-refractivity contribution in [2.24, 2.45) is 0 Å². The molecule has 2 nitrogen and oxygen atoms in total. The predicted octanol–water partition coefficient (Wildman–Crippen LogP) is 3.35. The first kappa shape index (κ1) is 12.9. The summed E-state index contributed by atoms with van der Waals surface area (Å²) in [5.74, 6) is 0. The lowest BCUT2D eigenvalue weighted by Crippen LogP contribution is -2.24. The van der Waals surface area contributed by atoms with Gasteiger partial charge < -0.3 is 10.6 Å². The van der Waals surface area contributed by atoms with Crippen LogP contribution < -0.4 is 10.6 Å².